The van der Waals surface area contributed by atoms with Gasteiger partial charge >= 0.3 is 5.97 Å². The van der Waals surface area contributed by atoms with E-state index in [1.807, 2.05) is 36.4 Å². The van der Waals surface area contributed by atoms with Crippen molar-refractivity contribution in [1.82, 2.24) is 5.32 Å². The van der Waals surface area contributed by atoms with Crippen LogP contribution in [0.5, 0.6) is 11.5 Å². The van der Waals surface area contributed by atoms with E-state index in [4.69, 9.17) is 9.47 Å². The largest absolute Gasteiger partial charge is 0.457 e. The van der Waals surface area contributed by atoms with Crippen LogP contribution >= 0.6 is 0 Å². The van der Waals surface area contributed by atoms with Crippen LogP contribution in [0.15, 0.2) is 84.9 Å². The summed E-state index contributed by atoms with van der Waals surface area (Å²) >= 11 is 0. The Balaban J connectivity index is 1.42. The van der Waals surface area contributed by atoms with Gasteiger partial charge in [0.2, 0.25) is 0 Å². The zero-order valence-corrected chi connectivity index (χ0v) is 17.0. The fourth-order valence-corrected chi connectivity index (χ4v) is 2.64. The van der Waals surface area contributed by atoms with Gasteiger partial charge in [-0.1, -0.05) is 36.4 Å². The zero-order valence-electron chi connectivity index (χ0n) is 17.0. The maximum atomic E-state index is 12.2. The molecule has 0 aliphatic rings. The summed E-state index contributed by atoms with van der Waals surface area (Å²) in [5.41, 5.74) is 1.06. The SMILES string of the molecule is CN(C(=O)COC(=O)CNC(=O)c1ccc(Oc2ccccc2)cc1)c1ccccc1. The van der Waals surface area contributed by atoms with Crippen LogP contribution in [0, 0.1) is 0 Å². The molecule has 0 heterocycles. The van der Waals surface area contributed by atoms with Gasteiger partial charge in [0.15, 0.2) is 6.61 Å². The lowest BCUT2D eigenvalue weighted by atomic mass is 10.2. The molecule has 0 atom stereocenters. The van der Waals surface area contributed by atoms with Gasteiger partial charge in [-0.25, -0.2) is 0 Å². The molecule has 1 N–H and O–H groups in total. The van der Waals surface area contributed by atoms with E-state index >= 15 is 0 Å². The summed E-state index contributed by atoms with van der Waals surface area (Å²) in [5, 5.41) is 2.47. The predicted molar refractivity (Wildman–Crippen MR) is 116 cm³/mol. The average Bonchev–Trinajstić information content (AvgIpc) is 2.82. The number of ether oxygens (including phenoxy) is 2. The molecule has 7 nitrogen and oxygen atoms in total. The lowest BCUT2D eigenvalue weighted by molar-refractivity contribution is -0.146. The molecule has 0 fully saturated rings. The van der Waals surface area contributed by atoms with Crippen molar-refractivity contribution in [3.63, 3.8) is 0 Å². The highest BCUT2D eigenvalue weighted by Gasteiger charge is 2.14. The molecule has 0 saturated heterocycles. The standard InChI is InChI=1S/C24H22N2O5/c1-26(19-8-4-2-5-9-19)22(27)17-30-23(28)16-25-24(29)18-12-14-21(15-13-18)31-20-10-6-3-7-11-20/h2-15H,16-17H2,1H3,(H,25,29). The fourth-order valence-electron chi connectivity index (χ4n) is 2.64. The van der Waals surface area contributed by atoms with Crippen molar-refractivity contribution in [2.45, 2.75) is 0 Å². The normalized spacial score (nSPS) is 10.1. The Hall–Kier alpha value is -4.13. The van der Waals surface area contributed by atoms with Crippen LogP contribution < -0.4 is 15.0 Å². The monoisotopic (exact) mass is 418 g/mol. The number of likely N-dealkylation sites (N-methyl/N-ethyl adjacent to an activating group) is 1. The average molecular weight is 418 g/mol. The highest BCUT2D eigenvalue weighted by atomic mass is 16.5. The van der Waals surface area contributed by atoms with Gasteiger partial charge in [-0.15, -0.1) is 0 Å². The van der Waals surface area contributed by atoms with E-state index in [1.54, 1.807) is 55.6 Å². The number of nitrogens with zero attached hydrogens (tertiary/aromatic N) is 1. The molecule has 0 saturated carbocycles. The number of anilines is 1. The maximum Gasteiger partial charge on any atom is 0.325 e. The highest BCUT2D eigenvalue weighted by molar-refractivity contribution is 5.97. The minimum Gasteiger partial charge on any atom is -0.457 e. The molecule has 3 aromatic carbocycles. The summed E-state index contributed by atoms with van der Waals surface area (Å²) in [6.45, 7) is -0.755. The maximum absolute atomic E-state index is 12.2. The number of amides is 2. The first-order chi connectivity index (χ1) is 15.0. The van der Waals surface area contributed by atoms with Crippen LogP contribution in [0.2, 0.25) is 0 Å². The van der Waals surface area contributed by atoms with Crippen molar-refractivity contribution in [3.05, 3.63) is 90.5 Å². The molecule has 0 bridgehead atoms. The van der Waals surface area contributed by atoms with Crippen molar-refractivity contribution in [3.8, 4) is 11.5 Å². The van der Waals surface area contributed by atoms with Gasteiger partial charge in [-0.05, 0) is 48.5 Å². The molecule has 0 aromatic heterocycles. The van der Waals surface area contributed by atoms with Crippen molar-refractivity contribution in [2.75, 3.05) is 25.1 Å². The highest BCUT2D eigenvalue weighted by Crippen LogP contribution is 2.21. The second kappa shape index (κ2) is 10.6. The molecule has 3 aromatic rings. The van der Waals surface area contributed by atoms with Crippen molar-refractivity contribution in [2.24, 2.45) is 0 Å². The van der Waals surface area contributed by atoms with E-state index in [-0.39, 0.29) is 12.5 Å². The van der Waals surface area contributed by atoms with E-state index in [2.05, 4.69) is 5.32 Å². The van der Waals surface area contributed by atoms with Crippen LogP contribution in [-0.4, -0.2) is 38.0 Å². The topological polar surface area (TPSA) is 84.9 Å². The molecule has 0 spiro atoms. The van der Waals surface area contributed by atoms with Crippen LogP contribution in [-0.2, 0) is 14.3 Å². The minimum atomic E-state index is -0.702. The number of carbonyl (C=O) groups excluding carboxylic acids is 3. The number of carbonyl (C=O) groups is 3. The van der Waals surface area contributed by atoms with E-state index in [0.717, 1.165) is 0 Å². The Morgan fingerprint density at radius 1 is 0.806 bits per heavy atom. The van der Waals surface area contributed by atoms with Crippen LogP contribution in [0.4, 0.5) is 5.69 Å². The van der Waals surface area contributed by atoms with Gasteiger partial charge in [0, 0.05) is 18.3 Å². The smallest absolute Gasteiger partial charge is 0.325 e. The van der Waals surface area contributed by atoms with Gasteiger partial charge < -0.3 is 19.7 Å². The van der Waals surface area contributed by atoms with Gasteiger partial charge in [0.1, 0.15) is 18.0 Å². The lowest BCUT2D eigenvalue weighted by Gasteiger charge is -2.17. The molecular formula is C24H22N2O5. The molecule has 158 valence electrons. The predicted octanol–water partition coefficient (Wildman–Crippen LogP) is 3.41. The molecule has 7 heteroatoms. The Labute approximate surface area is 180 Å². The Kier molecular flexibility index (Phi) is 7.37. The second-order valence-electron chi connectivity index (χ2n) is 6.57. The first kappa shape index (κ1) is 21.6. The third-order valence-corrected chi connectivity index (χ3v) is 4.36. The molecule has 2 amide bonds. The number of esters is 1. The Morgan fingerprint density at radius 3 is 2.03 bits per heavy atom. The van der Waals surface area contributed by atoms with Gasteiger partial charge in [0.25, 0.3) is 11.8 Å². The second-order valence-corrected chi connectivity index (χ2v) is 6.57. The summed E-state index contributed by atoms with van der Waals surface area (Å²) in [4.78, 5) is 37.6. The van der Waals surface area contributed by atoms with E-state index in [9.17, 15) is 14.4 Å². The fraction of sp³-hybridized carbons (Fsp3) is 0.125. The van der Waals surface area contributed by atoms with E-state index in [0.29, 0.717) is 22.7 Å². The molecule has 0 unspecified atom stereocenters. The number of hydrogen-bond acceptors (Lipinski definition) is 5. The summed E-state index contributed by atoms with van der Waals surface area (Å²) in [6, 6.07) is 24.8. The van der Waals surface area contributed by atoms with Gasteiger partial charge in [0.05, 0.1) is 0 Å². The summed E-state index contributed by atoms with van der Waals surface area (Å²) in [6.07, 6.45) is 0. The molecule has 31 heavy (non-hydrogen) atoms. The van der Waals surface area contributed by atoms with Gasteiger partial charge in [-0.3, -0.25) is 14.4 Å². The van der Waals surface area contributed by atoms with Crippen LogP contribution in [0.25, 0.3) is 0 Å². The molecular weight excluding hydrogens is 396 g/mol. The third-order valence-electron chi connectivity index (χ3n) is 4.36. The number of para-hydroxylation sites is 2. The first-order valence-electron chi connectivity index (χ1n) is 9.61. The number of rotatable bonds is 8. The molecule has 0 radical (unpaired) electrons. The number of nitrogens with one attached hydrogen (secondary N) is 1. The molecule has 0 aliphatic heterocycles. The van der Waals surface area contributed by atoms with Crippen molar-refractivity contribution >= 4 is 23.5 Å². The molecule has 0 aliphatic carbocycles. The van der Waals surface area contributed by atoms with E-state index < -0.39 is 18.5 Å². The van der Waals surface area contributed by atoms with Crippen LogP contribution in [0.1, 0.15) is 10.4 Å². The lowest BCUT2D eigenvalue weighted by Crippen LogP contribution is -2.34. The first-order valence-corrected chi connectivity index (χ1v) is 9.61. The Bertz CT molecular complexity index is 1020. The summed E-state index contributed by atoms with van der Waals surface area (Å²) in [5.74, 6) is -0.235. The number of hydrogen-bond donors (Lipinski definition) is 1. The van der Waals surface area contributed by atoms with Crippen molar-refractivity contribution < 1.29 is 23.9 Å². The molecule has 3 rings (SSSR count). The van der Waals surface area contributed by atoms with E-state index in [1.165, 1.54) is 4.90 Å². The summed E-state index contributed by atoms with van der Waals surface area (Å²) in [7, 11) is 1.60. The minimum absolute atomic E-state index is 0.344. The van der Waals surface area contributed by atoms with Gasteiger partial charge in [-0.2, -0.15) is 0 Å². The van der Waals surface area contributed by atoms with Crippen molar-refractivity contribution in [1.29, 1.82) is 0 Å². The number of benzene rings is 3. The van der Waals surface area contributed by atoms with Crippen LogP contribution in [0.3, 0.4) is 0 Å². The zero-order chi connectivity index (χ0) is 22.1. The Morgan fingerprint density at radius 2 is 1.39 bits per heavy atom. The third kappa shape index (κ3) is 6.43. The summed E-state index contributed by atoms with van der Waals surface area (Å²) < 4.78 is 10.6. The quantitative estimate of drug-likeness (QED) is 0.567.